The zero-order valence-corrected chi connectivity index (χ0v) is 24.8. The second-order valence-corrected chi connectivity index (χ2v) is 11.7. The Kier molecular flexibility index (Phi) is 8.97. The predicted molar refractivity (Wildman–Crippen MR) is 164 cm³/mol. The first kappa shape index (κ1) is 29.1. The number of likely N-dealkylation sites (N-methyl/N-ethyl adjacent to an activating group) is 1. The van der Waals surface area contributed by atoms with Crippen molar-refractivity contribution in [1.29, 1.82) is 0 Å². The SMILES string of the molecule is Cc1ccccc1C(=O)Nc1ccc(C(=O)N2CCCC(CC(=O)N3CCN(C)CC3)c3cc(Cl)ccc32)c(Cl)c1. The number of anilines is 2. The van der Waals surface area contributed by atoms with E-state index in [0.29, 0.717) is 34.8 Å². The average Bonchev–Trinajstić information content (AvgIpc) is 3.12. The number of aryl methyl sites for hydroxylation is 1. The maximum atomic E-state index is 13.9. The molecule has 0 aromatic heterocycles. The lowest BCUT2D eigenvalue weighted by atomic mass is 9.90. The highest BCUT2D eigenvalue weighted by Gasteiger charge is 2.31. The van der Waals surface area contributed by atoms with Crippen LogP contribution in [0.4, 0.5) is 11.4 Å². The molecule has 1 unspecified atom stereocenters. The Morgan fingerprint density at radius 1 is 0.902 bits per heavy atom. The molecule has 2 heterocycles. The summed E-state index contributed by atoms with van der Waals surface area (Å²) in [6.45, 7) is 5.58. The third-order valence-electron chi connectivity index (χ3n) is 8.02. The number of fused-ring (bicyclic) bond motifs is 1. The highest BCUT2D eigenvalue weighted by atomic mass is 35.5. The Labute approximate surface area is 251 Å². The topological polar surface area (TPSA) is 73.0 Å². The molecule has 1 fully saturated rings. The van der Waals surface area contributed by atoms with E-state index in [2.05, 4.69) is 17.3 Å². The molecule has 41 heavy (non-hydrogen) atoms. The third kappa shape index (κ3) is 6.58. The quantitative estimate of drug-likeness (QED) is 0.380. The van der Waals surface area contributed by atoms with Gasteiger partial charge >= 0.3 is 0 Å². The van der Waals surface area contributed by atoms with Gasteiger partial charge < -0.3 is 20.0 Å². The molecule has 0 bridgehead atoms. The van der Waals surface area contributed by atoms with Crippen molar-refractivity contribution in [1.82, 2.24) is 9.80 Å². The maximum absolute atomic E-state index is 13.9. The van der Waals surface area contributed by atoms with E-state index in [1.807, 2.05) is 42.2 Å². The van der Waals surface area contributed by atoms with Crippen LogP contribution in [0.3, 0.4) is 0 Å². The minimum absolute atomic E-state index is 0.0387. The van der Waals surface area contributed by atoms with Crippen molar-refractivity contribution in [3.63, 3.8) is 0 Å². The van der Waals surface area contributed by atoms with Crippen LogP contribution in [0.15, 0.2) is 60.7 Å². The number of halogens is 2. The van der Waals surface area contributed by atoms with Crippen LogP contribution in [0.2, 0.25) is 10.0 Å². The number of nitrogens with one attached hydrogen (secondary N) is 1. The molecule has 5 rings (SSSR count). The van der Waals surface area contributed by atoms with Crippen molar-refractivity contribution in [2.75, 3.05) is 50.0 Å². The molecule has 3 amide bonds. The zero-order chi connectivity index (χ0) is 29.1. The van der Waals surface area contributed by atoms with Crippen molar-refractivity contribution in [3.8, 4) is 0 Å². The number of piperazine rings is 1. The van der Waals surface area contributed by atoms with Crippen molar-refractivity contribution in [2.45, 2.75) is 32.1 Å². The summed E-state index contributed by atoms with van der Waals surface area (Å²) in [7, 11) is 2.07. The summed E-state index contributed by atoms with van der Waals surface area (Å²) in [6, 6.07) is 17.8. The van der Waals surface area contributed by atoms with Crippen molar-refractivity contribution in [2.24, 2.45) is 0 Å². The molecule has 3 aromatic rings. The molecule has 2 aliphatic rings. The van der Waals surface area contributed by atoms with Gasteiger partial charge in [0.05, 0.1) is 10.6 Å². The largest absolute Gasteiger partial charge is 0.340 e. The molecule has 9 heteroatoms. The fraction of sp³-hybridized carbons (Fsp3) is 0.344. The van der Waals surface area contributed by atoms with E-state index >= 15 is 0 Å². The van der Waals surface area contributed by atoms with Crippen LogP contribution in [0.25, 0.3) is 0 Å². The van der Waals surface area contributed by atoms with Crippen LogP contribution in [-0.4, -0.2) is 67.3 Å². The molecule has 0 saturated carbocycles. The standard InChI is InChI=1S/C32H34Cl2N4O3/c1-21-6-3-4-8-25(21)31(40)35-24-10-11-26(28(34)20-24)32(41)38-13-5-7-22(27-19-23(33)9-12-29(27)38)18-30(39)37-16-14-36(2)15-17-37/h3-4,6,8-12,19-20,22H,5,7,13-18H2,1-2H3,(H,35,40). The molecule has 1 N–H and O–H groups in total. The lowest BCUT2D eigenvalue weighted by Crippen LogP contribution is -2.47. The summed E-state index contributed by atoms with van der Waals surface area (Å²) >= 11 is 13.0. The van der Waals surface area contributed by atoms with Crippen LogP contribution >= 0.6 is 23.2 Å². The number of carbonyl (C=O) groups is 3. The van der Waals surface area contributed by atoms with Crippen molar-refractivity contribution < 1.29 is 14.4 Å². The summed E-state index contributed by atoms with van der Waals surface area (Å²) in [4.78, 5) is 45.8. The first-order chi connectivity index (χ1) is 19.7. The highest BCUT2D eigenvalue weighted by molar-refractivity contribution is 6.35. The molecule has 3 aromatic carbocycles. The summed E-state index contributed by atoms with van der Waals surface area (Å²) in [5.74, 6) is -0.376. The smallest absolute Gasteiger partial charge is 0.259 e. The van der Waals surface area contributed by atoms with Gasteiger partial charge in [0.1, 0.15) is 0 Å². The van der Waals surface area contributed by atoms with Crippen LogP contribution in [0.5, 0.6) is 0 Å². The number of hydrogen-bond acceptors (Lipinski definition) is 4. The Morgan fingerprint density at radius 2 is 1.66 bits per heavy atom. The Bertz CT molecular complexity index is 1470. The van der Waals surface area contributed by atoms with E-state index in [0.717, 1.165) is 55.8 Å². The summed E-state index contributed by atoms with van der Waals surface area (Å²) in [5, 5.41) is 3.69. The van der Waals surface area contributed by atoms with E-state index in [-0.39, 0.29) is 28.7 Å². The van der Waals surface area contributed by atoms with Crippen LogP contribution in [-0.2, 0) is 4.79 Å². The molecule has 0 aliphatic carbocycles. The molecule has 7 nitrogen and oxygen atoms in total. The van der Waals surface area contributed by atoms with Gasteiger partial charge in [-0.25, -0.2) is 0 Å². The van der Waals surface area contributed by atoms with Gasteiger partial charge in [-0.2, -0.15) is 0 Å². The molecule has 1 saturated heterocycles. The molecule has 0 radical (unpaired) electrons. The summed E-state index contributed by atoms with van der Waals surface area (Å²) in [6.07, 6.45) is 1.89. The van der Waals surface area contributed by atoms with Gasteiger partial charge in [0.15, 0.2) is 0 Å². The fourth-order valence-electron chi connectivity index (χ4n) is 5.63. The van der Waals surface area contributed by atoms with Gasteiger partial charge in [-0.3, -0.25) is 14.4 Å². The monoisotopic (exact) mass is 592 g/mol. The molecule has 2 aliphatic heterocycles. The second-order valence-electron chi connectivity index (χ2n) is 10.9. The molecule has 214 valence electrons. The first-order valence-electron chi connectivity index (χ1n) is 14.0. The number of amides is 3. The van der Waals surface area contributed by atoms with Gasteiger partial charge in [-0.1, -0.05) is 41.4 Å². The van der Waals surface area contributed by atoms with Gasteiger partial charge in [-0.15, -0.1) is 0 Å². The summed E-state index contributed by atoms with van der Waals surface area (Å²) < 4.78 is 0. The number of carbonyl (C=O) groups excluding carboxylic acids is 3. The second kappa shape index (κ2) is 12.6. The number of hydrogen-bond donors (Lipinski definition) is 1. The zero-order valence-electron chi connectivity index (χ0n) is 23.3. The van der Waals surface area contributed by atoms with Crippen LogP contribution in [0, 0.1) is 6.92 Å². The average molecular weight is 594 g/mol. The van der Waals surface area contributed by atoms with Crippen LogP contribution < -0.4 is 10.2 Å². The van der Waals surface area contributed by atoms with E-state index in [1.165, 1.54) is 0 Å². The minimum atomic E-state index is -0.242. The van der Waals surface area contributed by atoms with E-state index in [4.69, 9.17) is 23.2 Å². The van der Waals surface area contributed by atoms with Gasteiger partial charge in [0.25, 0.3) is 11.8 Å². The van der Waals surface area contributed by atoms with E-state index in [1.54, 1.807) is 35.2 Å². The number of nitrogens with zero attached hydrogens (tertiary/aromatic N) is 3. The highest BCUT2D eigenvalue weighted by Crippen LogP contribution is 2.39. The third-order valence-corrected chi connectivity index (χ3v) is 8.57. The fourth-order valence-corrected chi connectivity index (χ4v) is 6.07. The maximum Gasteiger partial charge on any atom is 0.259 e. The Balaban J connectivity index is 1.35. The van der Waals surface area contributed by atoms with Crippen LogP contribution in [0.1, 0.15) is 57.0 Å². The number of rotatable bonds is 5. The van der Waals surface area contributed by atoms with Crippen molar-refractivity contribution in [3.05, 3.63) is 93.0 Å². The first-order valence-corrected chi connectivity index (χ1v) is 14.7. The Hall–Kier alpha value is -3.39. The van der Waals surface area contributed by atoms with E-state index < -0.39 is 0 Å². The normalized spacial score (nSPS) is 17.5. The van der Waals surface area contributed by atoms with Gasteiger partial charge in [0, 0.05) is 61.1 Å². The molecule has 1 atom stereocenters. The molecular weight excluding hydrogens is 559 g/mol. The predicted octanol–water partition coefficient (Wildman–Crippen LogP) is 6.24. The lowest BCUT2D eigenvalue weighted by molar-refractivity contribution is -0.133. The van der Waals surface area contributed by atoms with E-state index in [9.17, 15) is 14.4 Å². The van der Waals surface area contributed by atoms with Gasteiger partial charge in [0.2, 0.25) is 5.91 Å². The van der Waals surface area contributed by atoms with Crippen molar-refractivity contribution >= 4 is 52.3 Å². The molecule has 0 spiro atoms. The minimum Gasteiger partial charge on any atom is -0.340 e. The number of benzene rings is 3. The molecular formula is C32H34Cl2N4O3. The summed E-state index contributed by atoms with van der Waals surface area (Å²) in [5.41, 5.74) is 3.94. The lowest BCUT2D eigenvalue weighted by Gasteiger charge is -2.33. The Morgan fingerprint density at radius 3 is 2.39 bits per heavy atom. The van der Waals surface area contributed by atoms with Gasteiger partial charge in [-0.05, 0) is 86.3 Å².